The molecule has 1 atom stereocenters. The molecule has 0 saturated heterocycles. The van der Waals surface area contributed by atoms with Crippen molar-refractivity contribution in [3.8, 4) is 16.8 Å². The lowest BCUT2D eigenvalue weighted by Gasteiger charge is -2.23. The fraction of sp³-hybridized carbons (Fsp3) is 0.0196. The summed E-state index contributed by atoms with van der Waals surface area (Å²) in [5, 5.41) is 11.3. The smallest absolute Gasteiger partial charge is 0.159 e. The lowest BCUT2D eigenvalue weighted by atomic mass is 9.95. The van der Waals surface area contributed by atoms with Gasteiger partial charge >= 0.3 is 0 Å². The summed E-state index contributed by atoms with van der Waals surface area (Å²) in [6.07, 6.45) is -0.244. The molecule has 0 amide bonds. The van der Waals surface area contributed by atoms with E-state index in [0.29, 0.717) is 0 Å². The van der Waals surface area contributed by atoms with Gasteiger partial charge in [0.25, 0.3) is 0 Å². The summed E-state index contributed by atoms with van der Waals surface area (Å²) >= 11 is 3.71. The van der Waals surface area contributed by atoms with E-state index in [9.17, 15) is 0 Å². The predicted molar refractivity (Wildman–Crippen MR) is 244 cm³/mol. The highest BCUT2D eigenvalue weighted by molar-refractivity contribution is 7.26. The van der Waals surface area contributed by atoms with Gasteiger partial charge in [0.1, 0.15) is 12.0 Å². The number of hydrogen-bond acceptors (Lipinski definition) is 5. The number of amidine groups is 2. The number of fused-ring (bicyclic) bond motifs is 9. The van der Waals surface area contributed by atoms with E-state index in [0.717, 1.165) is 28.4 Å². The molecule has 0 fully saturated rings. The van der Waals surface area contributed by atoms with Crippen molar-refractivity contribution in [2.45, 2.75) is 6.17 Å². The third-order valence-electron chi connectivity index (χ3n) is 11.3. The highest BCUT2D eigenvalue weighted by Gasteiger charge is 2.23. The first-order chi connectivity index (χ1) is 28.3. The normalized spacial score (nSPS) is 14.5. The lowest BCUT2D eigenvalue weighted by molar-refractivity contribution is 0.674. The van der Waals surface area contributed by atoms with Gasteiger partial charge in [-0.15, -0.1) is 22.7 Å². The molecule has 268 valence electrons. The average molecular weight is 765 g/mol. The van der Waals surface area contributed by atoms with Crippen molar-refractivity contribution in [2.75, 3.05) is 0 Å². The molecule has 0 saturated carbocycles. The topological polar surface area (TPSA) is 41.7 Å². The Balaban J connectivity index is 1.05. The fourth-order valence-corrected chi connectivity index (χ4v) is 11.1. The molecule has 1 aliphatic rings. The summed E-state index contributed by atoms with van der Waals surface area (Å²) in [7, 11) is 0. The van der Waals surface area contributed by atoms with Crippen LogP contribution in [-0.4, -0.2) is 16.2 Å². The Bertz CT molecular complexity index is 3390. The molecule has 1 aliphatic heterocycles. The second-order valence-electron chi connectivity index (χ2n) is 14.5. The fourth-order valence-electron chi connectivity index (χ4n) is 8.76. The van der Waals surface area contributed by atoms with Crippen LogP contribution in [0.25, 0.3) is 79.0 Å². The van der Waals surface area contributed by atoms with Gasteiger partial charge in [-0.1, -0.05) is 140 Å². The second-order valence-corrected chi connectivity index (χ2v) is 16.7. The van der Waals surface area contributed by atoms with Gasteiger partial charge in [-0.05, 0) is 59.2 Å². The highest BCUT2D eigenvalue weighted by Crippen LogP contribution is 2.47. The quantitative estimate of drug-likeness (QED) is 0.186. The Labute approximate surface area is 336 Å². The molecule has 0 radical (unpaired) electrons. The zero-order valence-electron chi connectivity index (χ0n) is 30.6. The van der Waals surface area contributed by atoms with Gasteiger partial charge in [0.2, 0.25) is 0 Å². The molecular weight excluding hydrogens is 733 g/mol. The first-order valence-corrected chi connectivity index (χ1v) is 20.8. The Kier molecular flexibility index (Phi) is 7.30. The van der Waals surface area contributed by atoms with E-state index in [1.54, 1.807) is 0 Å². The highest BCUT2D eigenvalue weighted by atomic mass is 32.1. The summed E-state index contributed by atoms with van der Waals surface area (Å²) in [6.45, 7) is 0. The Morgan fingerprint density at radius 3 is 1.79 bits per heavy atom. The molecule has 1 N–H and O–H groups in total. The Hall–Kier alpha value is -6.86. The number of benzene rings is 8. The van der Waals surface area contributed by atoms with Crippen LogP contribution < -0.4 is 5.32 Å². The molecular formula is C51H32N4S2. The van der Waals surface area contributed by atoms with Crippen molar-refractivity contribution >= 4 is 96.5 Å². The van der Waals surface area contributed by atoms with Crippen LogP contribution in [0.1, 0.15) is 22.9 Å². The van der Waals surface area contributed by atoms with Crippen LogP contribution in [0.15, 0.2) is 192 Å². The van der Waals surface area contributed by atoms with Crippen LogP contribution in [0, 0.1) is 0 Å². The van der Waals surface area contributed by atoms with Gasteiger partial charge in [-0.3, -0.25) is 0 Å². The van der Waals surface area contributed by atoms with Crippen molar-refractivity contribution in [3.63, 3.8) is 0 Å². The summed E-state index contributed by atoms with van der Waals surface area (Å²) in [4.78, 5) is 10.3. The van der Waals surface area contributed by atoms with Crippen LogP contribution in [0.2, 0.25) is 0 Å². The second kappa shape index (κ2) is 12.8. The van der Waals surface area contributed by atoms with Crippen LogP contribution >= 0.6 is 22.7 Å². The number of rotatable bonds is 5. The maximum atomic E-state index is 5.17. The van der Waals surface area contributed by atoms with Crippen molar-refractivity contribution in [1.29, 1.82) is 0 Å². The number of para-hydroxylation sites is 2. The van der Waals surface area contributed by atoms with E-state index in [1.165, 1.54) is 79.0 Å². The number of hydrogen-bond donors (Lipinski definition) is 1. The largest absolute Gasteiger partial charge is 0.344 e. The molecule has 57 heavy (non-hydrogen) atoms. The molecule has 12 rings (SSSR count). The van der Waals surface area contributed by atoms with E-state index < -0.39 is 0 Å². The molecule has 0 spiro atoms. The molecule has 3 aromatic heterocycles. The third kappa shape index (κ3) is 5.11. The van der Waals surface area contributed by atoms with E-state index in [4.69, 9.17) is 9.98 Å². The van der Waals surface area contributed by atoms with E-state index >= 15 is 0 Å². The molecule has 11 aromatic rings. The van der Waals surface area contributed by atoms with Gasteiger partial charge in [0.15, 0.2) is 5.84 Å². The molecule has 0 aliphatic carbocycles. The van der Waals surface area contributed by atoms with E-state index in [2.05, 4.69) is 168 Å². The van der Waals surface area contributed by atoms with Crippen molar-refractivity contribution in [3.05, 3.63) is 199 Å². The van der Waals surface area contributed by atoms with Crippen LogP contribution in [0.3, 0.4) is 0 Å². The zero-order chi connectivity index (χ0) is 37.5. The van der Waals surface area contributed by atoms with E-state index in [1.807, 2.05) is 46.9 Å². The van der Waals surface area contributed by atoms with Gasteiger partial charge < -0.3 is 9.88 Å². The maximum absolute atomic E-state index is 5.17. The molecule has 1 unspecified atom stereocenters. The molecule has 8 aromatic carbocycles. The van der Waals surface area contributed by atoms with Gasteiger partial charge in [-0.2, -0.15) is 0 Å². The first-order valence-electron chi connectivity index (χ1n) is 19.2. The van der Waals surface area contributed by atoms with Crippen molar-refractivity contribution in [2.24, 2.45) is 9.98 Å². The Morgan fingerprint density at radius 2 is 1.05 bits per heavy atom. The standard InChI is InChI=1S/C51H32N4S2/c1-3-14-31(15-4-1)49-52-50(32-16-5-2-6-17-32)54-51(53-49)33-28-29-38-45(30-33)57-42-25-11-20-36(46(38)42)37-21-12-26-43-47(37)48-41(24-13-27-44(48)56-43)55-39-22-9-7-18-34(39)35-19-8-10-23-40(35)55/h1-30,49H,(H,52,53,54). The SMILES string of the molecule is c1ccc(C2=NC(c3ccc4c(c3)sc3cccc(-c5cccc6sc7cccc(-n8c9ccccc9c9ccccc98)c7c56)c34)=NC(c3ccccc3)N2)cc1. The van der Waals surface area contributed by atoms with Crippen molar-refractivity contribution in [1.82, 2.24) is 9.88 Å². The first kappa shape index (κ1) is 32.4. The monoisotopic (exact) mass is 764 g/mol. The molecule has 6 heteroatoms. The maximum Gasteiger partial charge on any atom is 0.159 e. The molecule has 4 nitrogen and oxygen atoms in total. The third-order valence-corrected chi connectivity index (χ3v) is 13.5. The number of nitrogens with zero attached hydrogens (tertiary/aromatic N) is 3. The summed E-state index contributed by atoms with van der Waals surface area (Å²) in [6, 6.07) is 65.4. The Morgan fingerprint density at radius 1 is 0.456 bits per heavy atom. The minimum absolute atomic E-state index is 0.244. The average Bonchev–Trinajstić information content (AvgIpc) is 3.96. The van der Waals surface area contributed by atoms with Crippen molar-refractivity contribution < 1.29 is 0 Å². The van der Waals surface area contributed by atoms with Gasteiger partial charge in [0.05, 0.1) is 16.7 Å². The summed E-state index contributed by atoms with van der Waals surface area (Å²) < 4.78 is 7.53. The summed E-state index contributed by atoms with van der Waals surface area (Å²) in [5.41, 5.74) is 9.30. The zero-order valence-corrected chi connectivity index (χ0v) is 32.2. The minimum Gasteiger partial charge on any atom is -0.344 e. The minimum atomic E-state index is -0.244. The lowest BCUT2D eigenvalue weighted by Crippen LogP contribution is -2.33. The number of aromatic nitrogens is 1. The molecule has 0 bridgehead atoms. The van der Waals surface area contributed by atoms with Crippen LogP contribution in [0.5, 0.6) is 0 Å². The van der Waals surface area contributed by atoms with Crippen LogP contribution in [0.4, 0.5) is 0 Å². The number of nitrogens with one attached hydrogen (secondary N) is 1. The predicted octanol–water partition coefficient (Wildman–Crippen LogP) is 13.7. The van der Waals surface area contributed by atoms with Gasteiger partial charge in [0, 0.05) is 62.2 Å². The molecule has 4 heterocycles. The number of aliphatic imine (C=N–C) groups is 2. The van der Waals surface area contributed by atoms with Crippen LogP contribution in [-0.2, 0) is 0 Å². The summed E-state index contributed by atoms with van der Waals surface area (Å²) in [5.74, 6) is 1.55. The number of thiophene rings is 2. The van der Waals surface area contributed by atoms with E-state index in [-0.39, 0.29) is 6.17 Å². The van der Waals surface area contributed by atoms with Gasteiger partial charge in [-0.25, -0.2) is 9.98 Å².